The van der Waals surface area contributed by atoms with E-state index in [2.05, 4.69) is 15.5 Å². The SMILES string of the molecule is CCCc1nnc(-c2cc3ccccc3n2CC(=O)Nc2ccc(C(=O)OCC)cc2)o1. The van der Waals surface area contributed by atoms with Gasteiger partial charge >= 0.3 is 5.97 Å². The summed E-state index contributed by atoms with van der Waals surface area (Å²) in [7, 11) is 0. The summed E-state index contributed by atoms with van der Waals surface area (Å²) in [6.07, 6.45) is 1.61. The van der Waals surface area contributed by atoms with Crippen molar-refractivity contribution in [3.63, 3.8) is 0 Å². The molecule has 0 fully saturated rings. The quantitative estimate of drug-likeness (QED) is 0.413. The molecule has 0 aliphatic rings. The van der Waals surface area contributed by atoms with Crippen molar-refractivity contribution in [3.8, 4) is 11.6 Å². The molecular weight excluding hydrogens is 408 g/mol. The molecule has 8 nitrogen and oxygen atoms in total. The van der Waals surface area contributed by atoms with E-state index in [4.69, 9.17) is 9.15 Å². The molecule has 0 atom stereocenters. The number of aromatic nitrogens is 3. The third-order valence-corrected chi connectivity index (χ3v) is 4.94. The second-order valence-electron chi connectivity index (χ2n) is 7.27. The zero-order valence-electron chi connectivity index (χ0n) is 18.0. The Bertz CT molecular complexity index is 1240. The molecule has 0 aliphatic carbocycles. The fraction of sp³-hybridized carbons (Fsp3) is 0.250. The van der Waals surface area contributed by atoms with Gasteiger partial charge in [-0.2, -0.15) is 0 Å². The van der Waals surface area contributed by atoms with Gasteiger partial charge in [0.1, 0.15) is 12.2 Å². The van der Waals surface area contributed by atoms with Gasteiger partial charge in [0.25, 0.3) is 5.89 Å². The first kappa shape index (κ1) is 21.3. The van der Waals surface area contributed by atoms with Gasteiger partial charge in [0.05, 0.1) is 12.2 Å². The van der Waals surface area contributed by atoms with Crippen LogP contribution in [-0.2, 0) is 22.5 Å². The van der Waals surface area contributed by atoms with E-state index in [9.17, 15) is 9.59 Å². The van der Waals surface area contributed by atoms with Crippen molar-refractivity contribution < 1.29 is 18.7 Å². The molecule has 164 valence electrons. The van der Waals surface area contributed by atoms with Crippen LogP contribution in [0.2, 0.25) is 0 Å². The summed E-state index contributed by atoms with van der Waals surface area (Å²) in [4.78, 5) is 24.6. The predicted molar refractivity (Wildman–Crippen MR) is 120 cm³/mol. The van der Waals surface area contributed by atoms with E-state index >= 15 is 0 Å². The number of hydrogen-bond acceptors (Lipinski definition) is 6. The minimum Gasteiger partial charge on any atom is -0.462 e. The summed E-state index contributed by atoms with van der Waals surface area (Å²) in [5, 5.41) is 12.1. The van der Waals surface area contributed by atoms with Gasteiger partial charge in [-0.15, -0.1) is 10.2 Å². The van der Waals surface area contributed by atoms with Gasteiger partial charge in [0, 0.05) is 23.0 Å². The number of nitrogens with zero attached hydrogens (tertiary/aromatic N) is 3. The van der Waals surface area contributed by atoms with Crippen LogP contribution in [0.3, 0.4) is 0 Å². The normalized spacial score (nSPS) is 10.9. The van der Waals surface area contributed by atoms with E-state index in [0.29, 0.717) is 41.8 Å². The van der Waals surface area contributed by atoms with E-state index < -0.39 is 5.97 Å². The van der Waals surface area contributed by atoms with Crippen molar-refractivity contribution in [2.45, 2.75) is 33.2 Å². The van der Waals surface area contributed by atoms with Crippen molar-refractivity contribution in [3.05, 3.63) is 66.1 Å². The molecule has 4 rings (SSSR count). The number of carbonyl (C=O) groups is 2. The van der Waals surface area contributed by atoms with Crippen LogP contribution in [0.4, 0.5) is 5.69 Å². The number of benzene rings is 2. The lowest BCUT2D eigenvalue weighted by atomic mass is 10.2. The number of nitrogens with one attached hydrogen (secondary N) is 1. The second kappa shape index (κ2) is 9.47. The van der Waals surface area contributed by atoms with Gasteiger partial charge in [0.15, 0.2) is 0 Å². The Morgan fingerprint density at radius 1 is 1.06 bits per heavy atom. The number of hydrogen-bond donors (Lipinski definition) is 1. The highest BCUT2D eigenvalue weighted by Gasteiger charge is 2.18. The van der Waals surface area contributed by atoms with E-state index in [1.807, 2.05) is 41.8 Å². The Kier molecular flexibility index (Phi) is 6.30. The fourth-order valence-electron chi connectivity index (χ4n) is 3.48. The van der Waals surface area contributed by atoms with Gasteiger partial charge < -0.3 is 19.0 Å². The second-order valence-corrected chi connectivity index (χ2v) is 7.27. The van der Waals surface area contributed by atoms with Crippen molar-refractivity contribution in [2.24, 2.45) is 0 Å². The number of carbonyl (C=O) groups excluding carboxylic acids is 2. The summed E-state index contributed by atoms with van der Waals surface area (Å²) in [5.74, 6) is 0.349. The smallest absolute Gasteiger partial charge is 0.338 e. The van der Waals surface area contributed by atoms with Gasteiger partial charge in [-0.05, 0) is 49.7 Å². The Morgan fingerprint density at radius 2 is 1.84 bits per heavy atom. The van der Waals surface area contributed by atoms with Crippen LogP contribution >= 0.6 is 0 Å². The highest BCUT2D eigenvalue weighted by molar-refractivity contribution is 5.95. The number of rotatable bonds is 8. The monoisotopic (exact) mass is 432 g/mol. The Morgan fingerprint density at radius 3 is 2.59 bits per heavy atom. The lowest BCUT2D eigenvalue weighted by Crippen LogP contribution is -2.19. The van der Waals surface area contributed by atoms with Crippen molar-refractivity contribution in [2.75, 3.05) is 11.9 Å². The molecule has 0 aliphatic heterocycles. The van der Waals surface area contributed by atoms with Gasteiger partial charge in [-0.1, -0.05) is 25.1 Å². The van der Waals surface area contributed by atoms with Crippen LogP contribution in [0.25, 0.3) is 22.5 Å². The topological polar surface area (TPSA) is 99.2 Å². The maximum absolute atomic E-state index is 12.8. The van der Waals surface area contributed by atoms with E-state index in [1.165, 1.54) is 0 Å². The van der Waals surface area contributed by atoms with Crippen molar-refractivity contribution in [1.29, 1.82) is 0 Å². The summed E-state index contributed by atoms with van der Waals surface area (Å²) in [5.41, 5.74) is 2.60. The summed E-state index contributed by atoms with van der Waals surface area (Å²) in [6.45, 7) is 4.17. The largest absolute Gasteiger partial charge is 0.462 e. The molecule has 0 unspecified atom stereocenters. The average Bonchev–Trinajstić information content (AvgIpc) is 3.39. The minimum atomic E-state index is -0.393. The van der Waals surface area contributed by atoms with Crippen molar-refractivity contribution in [1.82, 2.24) is 14.8 Å². The standard InChI is InChI=1S/C24H24N4O4/c1-3-7-22-26-27-23(32-22)20-14-17-8-5-6-9-19(17)28(20)15-21(29)25-18-12-10-16(11-13-18)24(30)31-4-2/h5-6,8-14H,3-4,7,15H2,1-2H3,(H,25,29). The molecule has 0 bridgehead atoms. The first-order chi connectivity index (χ1) is 15.6. The molecular formula is C24H24N4O4. The molecule has 2 heterocycles. The molecule has 0 saturated heterocycles. The van der Waals surface area contributed by atoms with Gasteiger partial charge in [-0.3, -0.25) is 4.79 Å². The van der Waals surface area contributed by atoms with Crippen molar-refractivity contribution >= 4 is 28.5 Å². The first-order valence-electron chi connectivity index (χ1n) is 10.6. The highest BCUT2D eigenvalue weighted by Crippen LogP contribution is 2.28. The molecule has 2 aromatic heterocycles. The van der Waals surface area contributed by atoms with Crippen LogP contribution in [-0.4, -0.2) is 33.2 Å². The number of fused-ring (bicyclic) bond motifs is 1. The minimum absolute atomic E-state index is 0.0635. The number of para-hydroxylation sites is 1. The van der Waals surface area contributed by atoms with E-state index in [1.54, 1.807) is 31.2 Å². The molecule has 1 N–H and O–H groups in total. The molecule has 0 spiro atoms. The number of aryl methyl sites for hydroxylation is 1. The lowest BCUT2D eigenvalue weighted by Gasteiger charge is -2.10. The number of esters is 1. The zero-order chi connectivity index (χ0) is 22.5. The molecule has 0 saturated carbocycles. The molecule has 32 heavy (non-hydrogen) atoms. The van der Waals surface area contributed by atoms with Gasteiger partial charge in [-0.25, -0.2) is 4.79 Å². The van der Waals surface area contributed by atoms with Gasteiger partial charge in [0.2, 0.25) is 11.8 Å². The zero-order valence-corrected chi connectivity index (χ0v) is 18.0. The summed E-state index contributed by atoms with van der Waals surface area (Å²) in [6, 6.07) is 16.3. The number of ether oxygens (including phenoxy) is 1. The first-order valence-corrected chi connectivity index (χ1v) is 10.6. The molecule has 1 amide bonds. The molecule has 8 heteroatoms. The average molecular weight is 432 g/mol. The fourth-order valence-corrected chi connectivity index (χ4v) is 3.48. The Balaban J connectivity index is 1.56. The summed E-state index contributed by atoms with van der Waals surface area (Å²) < 4.78 is 12.7. The van der Waals surface area contributed by atoms with E-state index in [0.717, 1.165) is 17.3 Å². The lowest BCUT2D eigenvalue weighted by molar-refractivity contribution is -0.116. The third-order valence-electron chi connectivity index (χ3n) is 4.94. The maximum Gasteiger partial charge on any atom is 0.338 e. The van der Waals surface area contributed by atoms with Crippen LogP contribution in [0.5, 0.6) is 0 Å². The number of anilines is 1. The Hall–Kier alpha value is -3.94. The predicted octanol–water partition coefficient (Wildman–Crippen LogP) is 4.46. The summed E-state index contributed by atoms with van der Waals surface area (Å²) >= 11 is 0. The molecule has 2 aromatic carbocycles. The Labute approximate surface area is 185 Å². The molecule has 4 aromatic rings. The molecule has 0 radical (unpaired) electrons. The van der Waals surface area contributed by atoms with Crippen LogP contribution in [0.15, 0.2) is 59.0 Å². The van der Waals surface area contributed by atoms with Crippen LogP contribution in [0, 0.1) is 0 Å². The van der Waals surface area contributed by atoms with E-state index in [-0.39, 0.29) is 12.5 Å². The number of amides is 1. The third kappa shape index (κ3) is 4.54. The highest BCUT2D eigenvalue weighted by atomic mass is 16.5. The maximum atomic E-state index is 12.8. The van der Waals surface area contributed by atoms with Crippen LogP contribution < -0.4 is 5.32 Å². The van der Waals surface area contributed by atoms with Crippen LogP contribution in [0.1, 0.15) is 36.5 Å².